The van der Waals surface area contributed by atoms with Crippen LogP contribution in [0.25, 0.3) is 0 Å². The molecule has 1 heterocycles. The molecule has 4 heteroatoms. The van der Waals surface area contributed by atoms with Crippen LogP contribution in [0.2, 0.25) is 0 Å². The van der Waals surface area contributed by atoms with Gasteiger partial charge in [0.25, 0.3) is 0 Å². The average molecular weight is 214 g/mol. The zero-order valence-corrected chi connectivity index (χ0v) is 9.79. The fraction of sp³-hybridized carbons (Fsp3) is 0.909. The van der Waals surface area contributed by atoms with Crippen LogP contribution in [0.3, 0.4) is 0 Å². The molecule has 0 aromatic carbocycles. The highest BCUT2D eigenvalue weighted by Gasteiger charge is 2.14. The first kappa shape index (κ1) is 12.5. The molecular weight excluding hydrogens is 192 g/mol. The molecule has 1 aliphatic rings. The number of nitrogens with zero attached hydrogens (tertiary/aromatic N) is 1. The number of ether oxygens (including phenoxy) is 1. The minimum absolute atomic E-state index is 0.0251. The van der Waals surface area contributed by atoms with Gasteiger partial charge in [-0.1, -0.05) is 6.92 Å². The summed E-state index contributed by atoms with van der Waals surface area (Å²) in [4.78, 5) is 13.5. The van der Waals surface area contributed by atoms with Crippen LogP contribution in [0.4, 0.5) is 0 Å². The Kier molecular flexibility index (Phi) is 5.65. The number of carbonyl (C=O) groups excluding carboxylic acids is 1. The number of rotatable bonds is 5. The highest BCUT2D eigenvalue weighted by atomic mass is 16.5. The summed E-state index contributed by atoms with van der Waals surface area (Å²) in [5.41, 5.74) is 0. The van der Waals surface area contributed by atoms with Crippen molar-refractivity contribution in [2.75, 3.05) is 39.9 Å². The second-order valence-electron chi connectivity index (χ2n) is 4.31. The molecule has 0 bridgehead atoms. The van der Waals surface area contributed by atoms with Gasteiger partial charge in [0.15, 0.2) is 0 Å². The van der Waals surface area contributed by atoms with Crippen LogP contribution in [0, 0.1) is 5.92 Å². The Morgan fingerprint density at radius 3 is 2.73 bits per heavy atom. The van der Waals surface area contributed by atoms with Crippen LogP contribution in [0.1, 0.15) is 19.8 Å². The number of nitrogens with one attached hydrogen (secondary N) is 1. The average Bonchev–Trinajstić information content (AvgIpc) is 2.21. The zero-order chi connectivity index (χ0) is 11.1. The first-order chi connectivity index (χ1) is 7.22. The zero-order valence-electron chi connectivity index (χ0n) is 9.79. The lowest BCUT2D eigenvalue weighted by atomic mass is 9.99. The standard InChI is InChI=1S/C11H22N2O2/c1-10-3-6-13(7-4-10)8-5-12-11(14)9-15-2/h10H,3-9H2,1-2H3,(H,12,14). The first-order valence-electron chi connectivity index (χ1n) is 5.70. The van der Waals surface area contributed by atoms with Crippen molar-refractivity contribution in [1.29, 1.82) is 0 Å². The Bertz CT molecular complexity index is 189. The van der Waals surface area contributed by atoms with Gasteiger partial charge in [-0.2, -0.15) is 0 Å². The third kappa shape index (κ3) is 5.14. The Morgan fingerprint density at radius 2 is 2.13 bits per heavy atom. The maximum absolute atomic E-state index is 11.1. The molecule has 0 unspecified atom stereocenters. The molecule has 1 fully saturated rings. The molecule has 0 atom stereocenters. The van der Waals surface area contributed by atoms with E-state index in [2.05, 4.69) is 17.1 Å². The van der Waals surface area contributed by atoms with Crippen molar-refractivity contribution in [2.45, 2.75) is 19.8 Å². The van der Waals surface area contributed by atoms with Gasteiger partial charge < -0.3 is 15.0 Å². The molecule has 0 aromatic heterocycles. The Labute approximate surface area is 92.0 Å². The molecule has 15 heavy (non-hydrogen) atoms. The summed E-state index contributed by atoms with van der Waals surface area (Å²) in [5, 5.41) is 2.84. The number of amides is 1. The van der Waals surface area contributed by atoms with Gasteiger partial charge in [0.05, 0.1) is 0 Å². The fourth-order valence-corrected chi connectivity index (χ4v) is 1.82. The third-order valence-corrected chi connectivity index (χ3v) is 2.90. The maximum atomic E-state index is 11.1. The van der Waals surface area contributed by atoms with E-state index in [0.717, 1.165) is 19.0 Å². The first-order valence-corrected chi connectivity index (χ1v) is 5.70. The van der Waals surface area contributed by atoms with Gasteiger partial charge >= 0.3 is 0 Å². The predicted molar refractivity (Wildman–Crippen MR) is 59.7 cm³/mol. The van der Waals surface area contributed by atoms with E-state index in [1.165, 1.54) is 33.0 Å². The quantitative estimate of drug-likeness (QED) is 0.724. The largest absolute Gasteiger partial charge is 0.375 e. The lowest BCUT2D eigenvalue weighted by Crippen LogP contribution is -2.39. The Balaban J connectivity index is 2.02. The molecule has 0 saturated carbocycles. The summed E-state index contributed by atoms with van der Waals surface area (Å²) in [5.74, 6) is 0.840. The van der Waals surface area contributed by atoms with Crippen LogP contribution < -0.4 is 5.32 Å². The topological polar surface area (TPSA) is 41.6 Å². The maximum Gasteiger partial charge on any atom is 0.246 e. The van der Waals surface area contributed by atoms with Crippen LogP contribution in [0.15, 0.2) is 0 Å². The minimum Gasteiger partial charge on any atom is -0.375 e. The van der Waals surface area contributed by atoms with Gasteiger partial charge in [-0.3, -0.25) is 4.79 Å². The van der Waals surface area contributed by atoms with Gasteiger partial charge in [0.2, 0.25) is 5.91 Å². The summed E-state index contributed by atoms with van der Waals surface area (Å²) in [6, 6.07) is 0. The molecule has 0 spiro atoms. The molecule has 4 nitrogen and oxygen atoms in total. The highest BCUT2D eigenvalue weighted by molar-refractivity contribution is 5.77. The van der Waals surface area contributed by atoms with Crippen LogP contribution in [0.5, 0.6) is 0 Å². The highest BCUT2D eigenvalue weighted by Crippen LogP contribution is 2.14. The monoisotopic (exact) mass is 214 g/mol. The van der Waals surface area contributed by atoms with Crippen molar-refractivity contribution in [3.63, 3.8) is 0 Å². The number of carbonyl (C=O) groups is 1. The van der Waals surface area contributed by atoms with E-state index in [1.807, 2.05) is 0 Å². The van der Waals surface area contributed by atoms with E-state index in [9.17, 15) is 4.79 Å². The van der Waals surface area contributed by atoms with E-state index in [4.69, 9.17) is 4.74 Å². The van der Waals surface area contributed by atoms with E-state index >= 15 is 0 Å². The van der Waals surface area contributed by atoms with Gasteiger partial charge in [0, 0.05) is 20.2 Å². The van der Waals surface area contributed by atoms with Crippen molar-refractivity contribution in [3.05, 3.63) is 0 Å². The minimum atomic E-state index is -0.0251. The van der Waals surface area contributed by atoms with Gasteiger partial charge in [-0.05, 0) is 31.8 Å². The molecule has 1 N–H and O–H groups in total. The molecule has 1 saturated heterocycles. The molecular formula is C11H22N2O2. The van der Waals surface area contributed by atoms with Crippen molar-refractivity contribution in [1.82, 2.24) is 10.2 Å². The molecule has 0 aromatic rings. The molecule has 0 aliphatic carbocycles. The molecule has 1 rings (SSSR count). The summed E-state index contributed by atoms with van der Waals surface area (Å²) in [6.07, 6.45) is 2.57. The molecule has 1 aliphatic heterocycles. The van der Waals surface area contributed by atoms with Crippen LogP contribution in [-0.4, -0.2) is 50.7 Å². The van der Waals surface area contributed by atoms with Gasteiger partial charge in [-0.15, -0.1) is 0 Å². The summed E-state index contributed by atoms with van der Waals surface area (Å²) in [6.45, 7) is 6.50. The van der Waals surface area contributed by atoms with E-state index < -0.39 is 0 Å². The number of piperidine rings is 1. The van der Waals surface area contributed by atoms with E-state index in [1.54, 1.807) is 0 Å². The van der Waals surface area contributed by atoms with E-state index in [-0.39, 0.29) is 12.5 Å². The third-order valence-electron chi connectivity index (χ3n) is 2.90. The number of methoxy groups -OCH3 is 1. The second-order valence-corrected chi connectivity index (χ2v) is 4.31. The number of hydrogen-bond donors (Lipinski definition) is 1. The van der Waals surface area contributed by atoms with Crippen molar-refractivity contribution in [2.24, 2.45) is 5.92 Å². The Morgan fingerprint density at radius 1 is 1.47 bits per heavy atom. The lowest BCUT2D eigenvalue weighted by molar-refractivity contribution is -0.124. The normalized spacial score (nSPS) is 19.1. The Hall–Kier alpha value is -0.610. The van der Waals surface area contributed by atoms with Crippen molar-refractivity contribution in [3.8, 4) is 0 Å². The van der Waals surface area contributed by atoms with Gasteiger partial charge in [-0.25, -0.2) is 0 Å². The second kappa shape index (κ2) is 6.80. The van der Waals surface area contributed by atoms with Crippen LogP contribution >= 0.6 is 0 Å². The lowest BCUT2D eigenvalue weighted by Gasteiger charge is -2.30. The number of hydrogen-bond acceptors (Lipinski definition) is 3. The SMILES string of the molecule is COCC(=O)NCCN1CCC(C)CC1. The smallest absolute Gasteiger partial charge is 0.246 e. The molecule has 88 valence electrons. The number of likely N-dealkylation sites (tertiary alicyclic amines) is 1. The molecule has 1 amide bonds. The predicted octanol–water partition coefficient (Wildman–Crippen LogP) is 0.481. The van der Waals surface area contributed by atoms with Crippen LogP contribution in [-0.2, 0) is 9.53 Å². The van der Waals surface area contributed by atoms with E-state index in [0.29, 0.717) is 0 Å². The van der Waals surface area contributed by atoms with Crippen molar-refractivity contribution < 1.29 is 9.53 Å². The fourth-order valence-electron chi connectivity index (χ4n) is 1.82. The van der Waals surface area contributed by atoms with Crippen molar-refractivity contribution >= 4 is 5.91 Å². The summed E-state index contributed by atoms with van der Waals surface area (Å²) in [7, 11) is 1.53. The molecule has 0 radical (unpaired) electrons. The van der Waals surface area contributed by atoms with Gasteiger partial charge in [0.1, 0.15) is 6.61 Å². The summed E-state index contributed by atoms with van der Waals surface area (Å²) < 4.78 is 4.73. The summed E-state index contributed by atoms with van der Waals surface area (Å²) >= 11 is 0.